The van der Waals surface area contributed by atoms with Crippen molar-refractivity contribution in [2.45, 2.75) is 57.2 Å². The zero-order valence-electron chi connectivity index (χ0n) is 11.3. The molecule has 2 bridgehead atoms. The van der Waals surface area contributed by atoms with Crippen molar-refractivity contribution in [1.29, 1.82) is 0 Å². The van der Waals surface area contributed by atoms with E-state index in [0.717, 1.165) is 25.8 Å². The summed E-state index contributed by atoms with van der Waals surface area (Å²) < 4.78 is 13.0. The van der Waals surface area contributed by atoms with Crippen molar-refractivity contribution >= 4 is 5.95 Å². The number of piperidine rings is 1. The zero-order chi connectivity index (χ0) is 13.2. The van der Waals surface area contributed by atoms with Gasteiger partial charge in [0.05, 0.1) is 12.4 Å². The van der Waals surface area contributed by atoms with Crippen LogP contribution in [0, 0.1) is 5.82 Å². The van der Waals surface area contributed by atoms with Crippen molar-refractivity contribution < 1.29 is 4.39 Å². The summed E-state index contributed by atoms with van der Waals surface area (Å²) >= 11 is 0. The minimum absolute atomic E-state index is 0.370. The molecule has 2 atom stereocenters. The van der Waals surface area contributed by atoms with Gasteiger partial charge in [0.15, 0.2) is 5.82 Å². The standard InChI is InChI=1S/C14H21FN4/c1-2-5-19(14-16-8-10(15)9-17-14)13-6-11-3-4-12(7-13)18-11/h8-9,11-13,18H,2-7H2,1H3. The average molecular weight is 264 g/mol. The van der Waals surface area contributed by atoms with E-state index in [4.69, 9.17) is 0 Å². The highest BCUT2D eigenvalue weighted by Crippen LogP contribution is 2.31. The highest BCUT2D eigenvalue weighted by Gasteiger charge is 2.36. The molecule has 1 N–H and O–H groups in total. The van der Waals surface area contributed by atoms with E-state index in [1.807, 2.05) is 0 Å². The second kappa shape index (κ2) is 5.41. The lowest BCUT2D eigenvalue weighted by atomic mass is 9.98. The smallest absolute Gasteiger partial charge is 0.225 e. The third kappa shape index (κ3) is 2.71. The molecule has 5 heteroatoms. The summed E-state index contributed by atoms with van der Waals surface area (Å²) in [5.41, 5.74) is 0. The third-order valence-electron chi connectivity index (χ3n) is 4.22. The van der Waals surface area contributed by atoms with Crippen molar-refractivity contribution in [1.82, 2.24) is 15.3 Å². The second-order valence-electron chi connectivity index (χ2n) is 5.66. The molecule has 0 saturated carbocycles. The number of fused-ring (bicyclic) bond motifs is 2. The van der Waals surface area contributed by atoms with E-state index in [0.29, 0.717) is 24.1 Å². The van der Waals surface area contributed by atoms with Crippen molar-refractivity contribution in [3.05, 3.63) is 18.2 Å². The number of hydrogen-bond donors (Lipinski definition) is 1. The molecule has 1 aromatic heterocycles. The molecule has 3 heterocycles. The monoisotopic (exact) mass is 264 g/mol. The van der Waals surface area contributed by atoms with Crippen LogP contribution in [0.5, 0.6) is 0 Å². The molecule has 4 nitrogen and oxygen atoms in total. The maximum absolute atomic E-state index is 13.0. The first-order chi connectivity index (χ1) is 9.26. The molecular weight excluding hydrogens is 243 g/mol. The van der Waals surface area contributed by atoms with Crippen LogP contribution < -0.4 is 10.2 Å². The predicted octanol–water partition coefficient (Wildman–Crippen LogP) is 2.12. The van der Waals surface area contributed by atoms with E-state index in [9.17, 15) is 4.39 Å². The second-order valence-corrected chi connectivity index (χ2v) is 5.66. The average Bonchev–Trinajstić information content (AvgIpc) is 2.76. The Morgan fingerprint density at radius 2 is 1.89 bits per heavy atom. The van der Waals surface area contributed by atoms with Gasteiger partial charge in [0.25, 0.3) is 0 Å². The van der Waals surface area contributed by atoms with Gasteiger partial charge >= 0.3 is 0 Å². The zero-order valence-corrected chi connectivity index (χ0v) is 11.3. The largest absolute Gasteiger partial charge is 0.338 e. The molecular formula is C14H21FN4. The fourth-order valence-electron chi connectivity index (χ4n) is 3.42. The van der Waals surface area contributed by atoms with Crippen LogP contribution in [-0.4, -0.2) is 34.6 Å². The molecule has 3 rings (SSSR count). The van der Waals surface area contributed by atoms with E-state index in [1.54, 1.807) is 0 Å². The maximum Gasteiger partial charge on any atom is 0.225 e. The summed E-state index contributed by atoms with van der Waals surface area (Å²) in [7, 11) is 0. The van der Waals surface area contributed by atoms with Crippen molar-refractivity contribution in [3.8, 4) is 0 Å². The Balaban J connectivity index is 1.78. The molecule has 0 aliphatic carbocycles. The van der Waals surface area contributed by atoms with Gasteiger partial charge in [-0.05, 0) is 32.1 Å². The summed E-state index contributed by atoms with van der Waals surface area (Å²) in [5.74, 6) is 0.306. The minimum atomic E-state index is -0.370. The lowest BCUT2D eigenvalue weighted by Gasteiger charge is -2.37. The molecule has 19 heavy (non-hydrogen) atoms. The minimum Gasteiger partial charge on any atom is -0.338 e. The van der Waals surface area contributed by atoms with Crippen LogP contribution in [0.25, 0.3) is 0 Å². The van der Waals surface area contributed by atoms with E-state index < -0.39 is 0 Å². The summed E-state index contributed by atoms with van der Waals surface area (Å²) in [5, 5.41) is 3.65. The first kappa shape index (κ1) is 12.8. The molecule has 2 aliphatic rings. The first-order valence-electron chi connectivity index (χ1n) is 7.26. The van der Waals surface area contributed by atoms with E-state index in [-0.39, 0.29) is 5.82 Å². The van der Waals surface area contributed by atoms with E-state index in [1.165, 1.54) is 25.2 Å². The number of nitrogens with one attached hydrogen (secondary N) is 1. The third-order valence-corrected chi connectivity index (χ3v) is 4.22. The summed E-state index contributed by atoms with van der Waals surface area (Å²) in [6.45, 7) is 3.10. The lowest BCUT2D eigenvalue weighted by Crippen LogP contribution is -2.49. The van der Waals surface area contributed by atoms with Gasteiger partial charge in [-0.1, -0.05) is 6.92 Å². The molecule has 0 spiro atoms. The fourth-order valence-corrected chi connectivity index (χ4v) is 3.42. The van der Waals surface area contributed by atoms with Crippen LogP contribution >= 0.6 is 0 Å². The van der Waals surface area contributed by atoms with E-state index in [2.05, 4.69) is 27.1 Å². The Morgan fingerprint density at radius 3 is 2.47 bits per heavy atom. The van der Waals surface area contributed by atoms with Gasteiger partial charge in [-0.25, -0.2) is 14.4 Å². The Morgan fingerprint density at radius 1 is 1.26 bits per heavy atom. The van der Waals surface area contributed by atoms with E-state index >= 15 is 0 Å². The summed E-state index contributed by atoms with van der Waals surface area (Å²) in [6, 6.07) is 1.77. The lowest BCUT2D eigenvalue weighted by molar-refractivity contribution is 0.344. The van der Waals surface area contributed by atoms with Crippen molar-refractivity contribution in [3.63, 3.8) is 0 Å². The molecule has 0 amide bonds. The van der Waals surface area contributed by atoms with Gasteiger partial charge in [0, 0.05) is 24.7 Å². The van der Waals surface area contributed by atoms with Crippen LogP contribution in [0.3, 0.4) is 0 Å². The van der Waals surface area contributed by atoms with Crippen molar-refractivity contribution in [2.24, 2.45) is 0 Å². The molecule has 2 fully saturated rings. The number of hydrogen-bond acceptors (Lipinski definition) is 4. The molecule has 2 unspecified atom stereocenters. The van der Waals surface area contributed by atoms with Gasteiger partial charge in [-0.15, -0.1) is 0 Å². The predicted molar refractivity (Wildman–Crippen MR) is 72.6 cm³/mol. The van der Waals surface area contributed by atoms with Gasteiger partial charge in [0.2, 0.25) is 5.95 Å². The Bertz CT molecular complexity index is 410. The first-order valence-corrected chi connectivity index (χ1v) is 7.26. The number of rotatable bonds is 4. The number of aromatic nitrogens is 2. The molecule has 2 saturated heterocycles. The topological polar surface area (TPSA) is 41.1 Å². The van der Waals surface area contributed by atoms with Crippen LogP contribution in [0.4, 0.5) is 10.3 Å². The van der Waals surface area contributed by atoms with Gasteiger partial charge in [-0.3, -0.25) is 0 Å². The Kier molecular flexibility index (Phi) is 3.64. The van der Waals surface area contributed by atoms with Crippen LogP contribution in [0.2, 0.25) is 0 Å². The molecule has 0 radical (unpaired) electrons. The van der Waals surface area contributed by atoms with Gasteiger partial charge < -0.3 is 10.2 Å². The Hall–Kier alpha value is -1.23. The van der Waals surface area contributed by atoms with Crippen molar-refractivity contribution in [2.75, 3.05) is 11.4 Å². The summed E-state index contributed by atoms with van der Waals surface area (Å²) in [6.07, 6.45) is 8.45. The molecule has 2 aliphatic heterocycles. The molecule has 104 valence electrons. The summed E-state index contributed by atoms with van der Waals surface area (Å²) in [4.78, 5) is 10.6. The van der Waals surface area contributed by atoms with Crippen LogP contribution in [-0.2, 0) is 0 Å². The fraction of sp³-hybridized carbons (Fsp3) is 0.714. The number of halogens is 1. The number of nitrogens with zero attached hydrogens (tertiary/aromatic N) is 3. The highest BCUT2D eigenvalue weighted by molar-refractivity contribution is 5.31. The maximum atomic E-state index is 13.0. The van der Waals surface area contributed by atoms with Gasteiger partial charge in [-0.2, -0.15) is 0 Å². The van der Waals surface area contributed by atoms with Crippen LogP contribution in [0.15, 0.2) is 12.4 Å². The highest BCUT2D eigenvalue weighted by atomic mass is 19.1. The normalized spacial score (nSPS) is 29.5. The van der Waals surface area contributed by atoms with Crippen LogP contribution in [0.1, 0.15) is 39.0 Å². The SMILES string of the molecule is CCCN(c1ncc(F)cn1)C1CC2CCC(C1)N2. The Labute approximate surface area is 113 Å². The van der Waals surface area contributed by atoms with Gasteiger partial charge in [0.1, 0.15) is 0 Å². The molecule has 0 aromatic carbocycles. The number of anilines is 1. The molecule has 1 aromatic rings. The quantitative estimate of drug-likeness (QED) is 0.904.